The lowest BCUT2D eigenvalue weighted by molar-refractivity contribution is -0.170. The smallest absolute Gasteiger partial charge is 0.330 e. The second kappa shape index (κ2) is 6.75. The molecule has 0 heterocycles. The van der Waals surface area contributed by atoms with E-state index in [9.17, 15) is 22.7 Å². The number of hydrogen-bond acceptors (Lipinski definition) is 2. The van der Waals surface area contributed by atoms with Crippen LogP contribution >= 0.6 is 0 Å². The summed E-state index contributed by atoms with van der Waals surface area (Å²) in [6.07, 6.45) is -1.30. The number of fused-ring (bicyclic) bond motifs is 1. The summed E-state index contributed by atoms with van der Waals surface area (Å²) in [5.74, 6) is -4.17. The number of benzene rings is 1. The van der Waals surface area contributed by atoms with Gasteiger partial charge in [0.05, 0.1) is 12.7 Å². The van der Waals surface area contributed by atoms with E-state index in [1.807, 2.05) is 18.2 Å². The molecule has 1 aliphatic carbocycles. The summed E-state index contributed by atoms with van der Waals surface area (Å²) in [6.45, 7) is -1.77. The number of ether oxygens (including phenoxy) is 1. The van der Waals surface area contributed by atoms with Crippen molar-refractivity contribution in [3.05, 3.63) is 34.9 Å². The van der Waals surface area contributed by atoms with Gasteiger partial charge in [-0.3, -0.25) is 0 Å². The third kappa shape index (κ3) is 4.41. The summed E-state index contributed by atoms with van der Waals surface area (Å²) in [7, 11) is 0. The molecule has 6 heteroatoms. The zero-order valence-corrected chi connectivity index (χ0v) is 11.5. The van der Waals surface area contributed by atoms with Crippen LogP contribution in [0.15, 0.2) is 18.2 Å². The third-order valence-electron chi connectivity index (χ3n) is 3.56. The number of aliphatic hydroxyl groups excluding tert-OH is 1. The molecular formula is C15H18F4O2. The van der Waals surface area contributed by atoms with E-state index < -0.39 is 25.1 Å². The molecule has 1 unspecified atom stereocenters. The predicted molar refractivity (Wildman–Crippen MR) is 69.9 cm³/mol. The van der Waals surface area contributed by atoms with E-state index in [0.29, 0.717) is 0 Å². The summed E-state index contributed by atoms with van der Waals surface area (Å²) in [6, 6.07) is 5.90. The molecule has 0 amide bonds. The van der Waals surface area contributed by atoms with Crippen molar-refractivity contribution >= 4 is 0 Å². The molecule has 0 aromatic heterocycles. The molecule has 2 nitrogen and oxygen atoms in total. The molecule has 1 aromatic rings. The minimum atomic E-state index is -4.17. The van der Waals surface area contributed by atoms with Gasteiger partial charge in [0.15, 0.2) is 0 Å². The molecule has 0 radical (unpaired) electrons. The fraction of sp³-hybridized carbons (Fsp3) is 0.600. The van der Waals surface area contributed by atoms with Crippen molar-refractivity contribution in [2.24, 2.45) is 0 Å². The normalized spacial score (nSPS) is 16.3. The quantitative estimate of drug-likeness (QED) is 0.785. The molecule has 0 spiro atoms. The molecule has 0 bridgehead atoms. The Morgan fingerprint density at radius 1 is 1.19 bits per heavy atom. The van der Waals surface area contributed by atoms with E-state index in [1.54, 1.807) is 0 Å². The van der Waals surface area contributed by atoms with E-state index in [-0.39, 0.29) is 13.0 Å². The Labute approximate surface area is 120 Å². The number of alkyl halides is 4. The van der Waals surface area contributed by atoms with E-state index in [2.05, 4.69) is 4.74 Å². The zero-order valence-electron chi connectivity index (χ0n) is 11.5. The Morgan fingerprint density at radius 2 is 1.90 bits per heavy atom. The van der Waals surface area contributed by atoms with Crippen LogP contribution in [0.2, 0.25) is 0 Å². The Balaban J connectivity index is 1.78. The van der Waals surface area contributed by atoms with Gasteiger partial charge in [-0.25, -0.2) is 8.78 Å². The first-order valence-electron chi connectivity index (χ1n) is 6.91. The van der Waals surface area contributed by atoms with Crippen molar-refractivity contribution in [3.63, 3.8) is 0 Å². The van der Waals surface area contributed by atoms with Crippen molar-refractivity contribution in [2.45, 2.75) is 44.1 Å². The van der Waals surface area contributed by atoms with Gasteiger partial charge in [-0.2, -0.15) is 8.78 Å². The van der Waals surface area contributed by atoms with Gasteiger partial charge in [0.25, 0.3) is 0 Å². The van der Waals surface area contributed by atoms with Crippen LogP contribution in [0.3, 0.4) is 0 Å². The summed E-state index contributed by atoms with van der Waals surface area (Å²) < 4.78 is 53.6. The average molecular weight is 306 g/mol. The van der Waals surface area contributed by atoms with Crippen LogP contribution in [0.25, 0.3) is 0 Å². The second-order valence-corrected chi connectivity index (χ2v) is 5.39. The molecule has 1 N–H and O–H groups in total. The van der Waals surface area contributed by atoms with Gasteiger partial charge in [0, 0.05) is 6.42 Å². The highest BCUT2D eigenvalue weighted by molar-refractivity contribution is 5.35. The predicted octanol–water partition coefficient (Wildman–Crippen LogP) is 3.00. The Morgan fingerprint density at radius 3 is 2.62 bits per heavy atom. The first-order chi connectivity index (χ1) is 9.88. The number of aryl methyl sites for hydroxylation is 2. The van der Waals surface area contributed by atoms with Crippen molar-refractivity contribution < 1.29 is 27.4 Å². The molecule has 2 rings (SSSR count). The first kappa shape index (κ1) is 16.2. The maximum atomic E-state index is 12.6. The molecule has 1 atom stereocenters. The highest BCUT2D eigenvalue weighted by Crippen LogP contribution is 2.24. The van der Waals surface area contributed by atoms with E-state index in [1.165, 1.54) is 11.1 Å². The highest BCUT2D eigenvalue weighted by atomic mass is 19.3. The molecule has 1 aliphatic rings. The Kier molecular flexibility index (Phi) is 5.22. The molecule has 0 saturated heterocycles. The fourth-order valence-corrected chi connectivity index (χ4v) is 2.48. The van der Waals surface area contributed by atoms with Gasteiger partial charge < -0.3 is 9.84 Å². The first-order valence-corrected chi connectivity index (χ1v) is 6.91. The van der Waals surface area contributed by atoms with Gasteiger partial charge in [-0.05, 0) is 36.0 Å². The zero-order chi connectivity index (χ0) is 15.5. The number of rotatable bonds is 7. The van der Waals surface area contributed by atoms with Crippen molar-refractivity contribution in [3.8, 4) is 0 Å². The molecular weight excluding hydrogens is 288 g/mol. The monoisotopic (exact) mass is 306 g/mol. The summed E-state index contributed by atoms with van der Waals surface area (Å²) in [5, 5.41) is 9.73. The molecule has 0 fully saturated rings. The van der Waals surface area contributed by atoms with Crippen molar-refractivity contribution in [1.29, 1.82) is 0 Å². The number of aliphatic hydroxyl groups is 1. The van der Waals surface area contributed by atoms with Crippen LogP contribution in [-0.2, 0) is 24.0 Å². The molecule has 118 valence electrons. The lowest BCUT2D eigenvalue weighted by Crippen LogP contribution is -2.34. The average Bonchev–Trinajstić information content (AvgIpc) is 2.85. The van der Waals surface area contributed by atoms with Gasteiger partial charge in [-0.15, -0.1) is 0 Å². The molecule has 1 aromatic carbocycles. The van der Waals surface area contributed by atoms with Gasteiger partial charge >= 0.3 is 12.3 Å². The minimum Gasteiger partial charge on any atom is -0.390 e. The highest BCUT2D eigenvalue weighted by Gasteiger charge is 2.41. The van der Waals surface area contributed by atoms with E-state index in [0.717, 1.165) is 24.8 Å². The lowest BCUT2D eigenvalue weighted by Gasteiger charge is -2.17. The summed E-state index contributed by atoms with van der Waals surface area (Å²) in [4.78, 5) is 0. The topological polar surface area (TPSA) is 29.5 Å². The van der Waals surface area contributed by atoms with Crippen LogP contribution in [0.5, 0.6) is 0 Å². The summed E-state index contributed by atoms with van der Waals surface area (Å²) >= 11 is 0. The lowest BCUT2D eigenvalue weighted by atomic mass is 10.0. The Hall–Kier alpha value is -1.14. The fourth-order valence-electron chi connectivity index (χ4n) is 2.48. The second-order valence-electron chi connectivity index (χ2n) is 5.39. The number of halogens is 4. The van der Waals surface area contributed by atoms with Gasteiger partial charge in [0.1, 0.15) is 6.61 Å². The Bertz CT molecular complexity index is 477. The maximum absolute atomic E-state index is 12.6. The molecule has 21 heavy (non-hydrogen) atoms. The van der Waals surface area contributed by atoms with Crippen LogP contribution in [-0.4, -0.2) is 36.8 Å². The van der Waals surface area contributed by atoms with Crippen LogP contribution in [0.1, 0.15) is 23.1 Å². The maximum Gasteiger partial charge on any atom is 0.330 e. The van der Waals surface area contributed by atoms with Crippen LogP contribution < -0.4 is 0 Å². The van der Waals surface area contributed by atoms with Gasteiger partial charge in [0.2, 0.25) is 0 Å². The van der Waals surface area contributed by atoms with Crippen molar-refractivity contribution in [2.75, 3.05) is 13.2 Å². The van der Waals surface area contributed by atoms with E-state index in [4.69, 9.17) is 0 Å². The van der Waals surface area contributed by atoms with Crippen molar-refractivity contribution in [1.82, 2.24) is 0 Å². The summed E-state index contributed by atoms with van der Waals surface area (Å²) in [5.41, 5.74) is 3.46. The minimum absolute atomic E-state index is 0.257. The van der Waals surface area contributed by atoms with E-state index >= 15 is 0 Å². The standard InChI is InChI=1S/C15H18F4O2/c16-14(17)15(18,19)9-21-8-13(20)7-10-4-5-11-2-1-3-12(11)6-10/h4-6,13-14,20H,1-3,7-9H2. The molecule has 0 saturated carbocycles. The largest absolute Gasteiger partial charge is 0.390 e. The molecule has 0 aliphatic heterocycles. The third-order valence-corrected chi connectivity index (χ3v) is 3.56. The van der Waals surface area contributed by atoms with Gasteiger partial charge in [-0.1, -0.05) is 18.2 Å². The van der Waals surface area contributed by atoms with Crippen LogP contribution in [0.4, 0.5) is 17.6 Å². The number of hydrogen-bond donors (Lipinski definition) is 1. The SMILES string of the molecule is OC(COCC(F)(F)C(F)F)Cc1ccc2c(c1)CCC2. The van der Waals surface area contributed by atoms with Crippen LogP contribution in [0, 0.1) is 0 Å².